The highest BCUT2D eigenvalue weighted by Crippen LogP contribution is 2.38. The van der Waals surface area contributed by atoms with Crippen LogP contribution in [-0.4, -0.2) is 40.9 Å². The Bertz CT molecular complexity index is 899. The van der Waals surface area contributed by atoms with Crippen LogP contribution in [0.5, 0.6) is 5.75 Å². The first-order chi connectivity index (χ1) is 15.6. The van der Waals surface area contributed by atoms with Crippen LogP contribution in [0.3, 0.4) is 0 Å². The number of methoxy groups -OCH3 is 1. The molecular formula is C26H34N2O4. The molecular weight excluding hydrogens is 404 g/mol. The average molecular weight is 439 g/mol. The molecule has 3 aliphatic rings. The van der Waals surface area contributed by atoms with E-state index in [0.29, 0.717) is 12.8 Å². The molecule has 2 unspecified atom stereocenters. The van der Waals surface area contributed by atoms with E-state index in [0.717, 1.165) is 61.1 Å². The van der Waals surface area contributed by atoms with E-state index >= 15 is 0 Å². The Morgan fingerprint density at radius 2 is 1.84 bits per heavy atom. The second kappa shape index (κ2) is 10.3. The number of nitrogens with zero attached hydrogens (tertiary/aromatic N) is 2. The van der Waals surface area contributed by atoms with Gasteiger partial charge >= 0.3 is 5.97 Å². The summed E-state index contributed by atoms with van der Waals surface area (Å²) in [5.74, 6) is 0.215. The number of carboxylic acid groups (broad SMARTS) is 1. The van der Waals surface area contributed by atoms with Crippen molar-refractivity contribution in [1.29, 1.82) is 0 Å². The zero-order chi connectivity index (χ0) is 22.5. The summed E-state index contributed by atoms with van der Waals surface area (Å²) >= 11 is 0. The van der Waals surface area contributed by atoms with Gasteiger partial charge in [-0.3, -0.25) is 9.59 Å². The number of fused-ring (bicyclic) bond motifs is 1. The van der Waals surface area contributed by atoms with Gasteiger partial charge in [-0.2, -0.15) is 5.10 Å². The Morgan fingerprint density at radius 3 is 2.53 bits per heavy atom. The summed E-state index contributed by atoms with van der Waals surface area (Å²) in [6.07, 6.45) is 14.1. The monoisotopic (exact) mass is 438 g/mol. The Labute approximate surface area is 190 Å². The minimum absolute atomic E-state index is 0.0479. The molecule has 2 aliphatic carbocycles. The fraction of sp³-hybridized carbons (Fsp3) is 0.577. The van der Waals surface area contributed by atoms with Gasteiger partial charge in [-0.05, 0) is 67.9 Å². The number of ether oxygens (including phenoxy) is 1. The summed E-state index contributed by atoms with van der Waals surface area (Å²) in [6.45, 7) is 0. The van der Waals surface area contributed by atoms with E-state index < -0.39 is 5.97 Å². The lowest BCUT2D eigenvalue weighted by Crippen LogP contribution is -2.49. The van der Waals surface area contributed by atoms with Crippen LogP contribution >= 0.6 is 0 Å². The van der Waals surface area contributed by atoms with E-state index in [-0.39, 0.29) is 30.2 Å². The van der Waals surface area contributed by atoms with Gasteiger partial charge in [-0.15, -0.1) is 0 Å². The van der Waals surface area contributed by atoms with Crippen molar-refractivity contribution in [2.24, 2.45) is 16.9 Å². The summed E-state index contributed by atoms with van der Waals surface area (Å²) < 4.78 is 5.54. The molecule has 1 heterocycles. The fourth-order valence-corrected chi connectivity index (χ4v) is 5.40. The second-order valence-corrected chi connectivity index (χ2v) is 9.24. The molecule has 4 rings (SSSR count). The lowest BCUT2D eigenvalue weighted by Gasteiger charge is -2.40. The van der Waals surface area contributed by atoms with Crippen LogP contribution in [0, 0.1) is 11.8 Å². The lowest BCUT2D eigenvalue weighted by molar-refractivity contribution is -0.140. The Balaban J connectivity index is 1.68. The summed E-state index contributed by atoms with van der Waals surface area (Å²) in [5, 5.41) is 15.9. The van der Waals surface area contributed by atoms with Crippen molar-refractivity contribution >= 4 is 17.6 Å². The number of allylic oxidation sites excluding steroid dienone is 2. The van der Waals surface area contributed by atoms with Gasteiger partial charge in [-0.25, -0.2) is 5.01 Å². The Kier molecular flexibility index (Phi) is 7.28. The third-order valence-electron chi connectivity index (χ3n) is 7.13. The molecule has 32 heavy (non-hydrogen) atoms. The molecule has 0 aromatic heterocycles. The Hall–Kier alpha value is -2.63. The minimum Gasteiger partial charge on any atom is -0.496 e. The molecule has 0 radical (unpaired) electrons. The highest BCUT2D eigenvalue weighted by atomic mass is 16.5. The predicted molar refractivity (Wildman–Crippen MR) is 124 cm³/mol. The van der Waals surface area contributed by atoms with Crippen LogP contribution in [0.2, 0.25) is 0 Å². The van der Waals surface area contributed by atoms with Crippen LogP contribution in [0.25, 0.3) is 0 Å². The largest absolute Gasteiger partial charge is 0.496 e. The van der Waals surface area contributed by atoms with Gasteiger partial charge in [0.25, 0.3) is 0 Å². The smallest absolute Gasteiger partial charge is 0.303 e. The third-order valence-corrected chi connectivity index (χ3v) is 7.13. The first-order valence-corrected chi connectivity index (χ1v) is 12.0. The molecule has 1 aromatic carbocycles. The van der Waals surface area contributed by atoms with Crippen LogP contribution in [0.1, 0.15) is 75.3 Å². The summed E-state index contributed by atoms with van der Waals surface area (Å²) in [4.78, 5) is 24.4. The van der Waals surface area contributed by atoms with Gasteiger partial charge in [0.05, 0.1) is 24.8 Å². The Morgan fingerprint density at radius 1 is 1.12 bits per heavy atom. The predicted octanol–water partition coefficient (Wildman–Crippen LogP) is 4.95. The standard InChI is InChI=1S/C26H34N2O4/c1-32-23-16-15-19(17-18(23)9-8-14-24(29)30)25-21-12-6-7-13-22(21)26(31)28(27-25)20-10-4-2-3-5-11-20/h6-7,15-17,20-22H,2-5,8-14H2,1H3,(H,29,30). The minimum atomic E-state index is -0.786. The molecule has 1 aromatic rings. The molecule has 1 fully saturated rings. The van der Waals surface area contributed by atoms with E-state index in [9.17, 15) is 9.59 Å². The zero-order valence-electron chi connectivity index (χ0n) is 19.0. The van der Waals surface area contributed by atoms with Crippen LogP contribution in [0.4, 0.5) is 0 Å². The number of hydrazone groups is 1. The van der Waals surface area contributed by atoms with Gasteiger partial charge in [0.15, 0.2) is 0 Å². The van der Waals surface area contributed by atoms with Crippen LogP contribution < -0.4 is 4.74 Å². The molecule has 6 nitrogen and oxygen atoms in total. The van der Waals surface area contributed by atoms with E-state index in [1.54, 1.807) is 7.11 Å². The van der Waals surface area contributed by atoms with Gasteiger partial charge in [-0.1, -0.05) is 37.8 Å². The number of rotatable bonds is 7. The number of hydrogen-bond acceptors (Lipinski definition) is 4. The molecule has 2 atom stereocenters. The number of benzene rings is 1. The molecule has 1 amide bonds. The van der Waals surface area contributed by atoms with Gasteiger partial charge < -0.3 is 9.84 Å². The quantitative estimate of drug-likeness (QED) is 0.482. The molecule has 0 bridgehead atoms. The second-order valence-electron chi connectivity index (χ2n) is 9.24. The highest BCUT2D eigenvalue weighted by molar-refractivity contribution is 6.07. The molecule has 6 heteroatoms. The number of carbonyl (C=O) groups excluding carboxylic acids is 1. The van der Waals surface area contributed by atoms with Crippen molar-refractivity contribution in [3.63, 3.8) is 0 Å². The number of aliphatic carboxylic acids is 1. The van der Waals surface area contributed by atoms with Gasteiger partial charge in [0.1, 0.15) is 5.75 Å². The topological polar surface area (TPSA) is 79.2 Å². The fourth-order valence-electron chi connectivity index (χ4n) is 5.40. The van der Waals surface area contributed by atoms with Gasteiger partial charge in [0.2, 0.25) is 5.91 Å². The highest BCUT2D eigenvalue weighted by Gasteiger charge is 2.42. The number of amides is 1. The van der Waals surface area contributed by atoms with E-state index in [2.05, 4.69) is 18.2 Å². The van der Waals surface area contributed by atoms with Crippen molar-refractivity contribution in [3.8, 4) is 5.75 Å². The van der Waals surface area contributed by atoms with E-state index in [1.807, 2.05) is 17.1 Å². The van der Waals surface area contributed by atoms with Crippen molar-refractivity contribution in [3.05, 3.63) is 41.5 Å². The molecule has 1 N–H and O–H groups in total. The van der Waals surface area contributed by atoms with Crippen molar-refractivity contribution in [2.75, 3.05) is 7.11 Å². The number of carboxylic acids is 1. The number of hydrogen-bond donors (Lipinski definition) is 1. The third kappa shape index (κ3) is 4.89. The number of aryl methyl sites for hydroxylation is 1. The number of carbonyl (C=O) groups is 2. The maximum Gasteiger partial charge on any atom is 0.303 e. The molecule has 1 aliphatic heterocycles. The lowest BCUT2D eigenvalue weighted by atomic mass is 9.76. The van der Waals surface area contributed by atoms with Crippen molar-refractivity contribution in [2.45, 2.75) is 76.7 Å². The molecule has 0 spiro atoms. The maximum absolute atomic E-state index is 13.4. The zero-order valence-corrected chi connectivity index (χ0v) is 19.0. The maximum atomic E-state index is 13.4. The van der Waals surface area contributed by atoms with Crippen molar-refractivity contribution < 1.29 is 19.4 Å². The first-order valence-electron chi connectivity index (χ1n) is 12.0. The summed E-state index contributed by atoms with van der Waals surface area (Å²) in [6, 6.07) is 6.28. The van der Waals surface area contributed by atoms with Gasteiger partial charge in [0, 0.05) is 12.3 Å². The normalized spacial score (nSPS) is 24.0. The molecule has 172 valence electrons. The average Bonchev–Trinajstić information content (AvgIpc) is 3.09. The first kappa shape index (κ1) is 22.6. The molecule has 0 saturated heterocycles. The van der Waals surface area contributed by atoms with E-state index in [4.69, 9.17) is 14.9 Å². The van der Waals surface area contributed by atoms with E-state index in [1.165, 1.54) is 12.8 Å². The van der Waals surface area contributed by atoms with Crippen molar-refractivity contribution in [1.82, 2.24) is 5.01 Å². The summed E-state index contributed by atoms with van der Waals surface area (Å²) in [5.41, 5.74) is 3.01. The molecule has 1 saturated carbocycles. The van der Waals surface area contributed by atoms with Crippen LogP contribution in [-0.2, 0) is 16.0 Å². The van der Waals surface area contributed by atoms with Crippen LogP contribution in [0.15, 0.2) is 35.5 Å². The SMILES string of the molecule is COc1ccc(C2=NN(C3CCCCCC3)C(=O)C3CC=CCC23)cc1CCCC(=O)O. The summed E-state index contributed by atoms with van der Waals surface area (Å²) in [7, 11) is 1.64.